The summed E-state index contributed by atoms with van der Waals surface area (Å²) in [4.78, 5) is 0. The summed E-state index contributed by atoms with van der Waals surface area (Å²) < 4.78 is 254. The first kappa shape index (κ1) is 31.4. The third-order valence-electron chi connectivity index (χ3n) is 4.92. The van der Waals surface area contributed by atoms with Crippen LogP contribution in [-0.2, 0) is 0 Å². The third-order valence-corrected chi connectivity index (χ3v) is 7.51. The Morgan fingerprint density at radius 2 is 0.857 bits per heavy atom. The molecule has 1 aliphatic rings. The van der Waals surface area contributed by atoms with Gasteiger partial charge in [-0.1, -0.05) is 32.1 Å². The molecule has 1 aliphatic carbocycles. The van der Waals surface area contributed by atoms with Gasteiger partial charge in [-0.25, -0.2) is 0 Å². The van der Waals surface area contributed by atoms with E-state index in [-0.39, 0.29) is 6.08 Å². The Balaban J connectivity index is 3.76. The van der Waals surface area contributed by atoms with E-state index in [1.54, 1.807) is 0 Å². The Kier molecular flexibility index (Phi) is 6.90. The Hall–Kier alpha value is -1.63. The van der Waals surface area contributed by atoms with Gasteiger partial charge < -0.3 is 0 Å². The van der Waals surface area contributed by atoms with E-state index < -0.39 is 66.6 Å². The SMILES string of the molecule is CC1(C)C=CC=C1[Si](F)(F)C(F)(F)C(F)(F)C(F)(F)C(F)(F)C(F)(F)C(F)(F)C(F)(F)C(F)(F)F. The molecule has 0 aromatic carbocycles. The van der Waals surface area contributed by atoms with Gasteiger partial charge in [0.05, 0.1) is 0 Å². The van der Waals surface area contributed by atoms with Crippen molar-refractivity contribution in [3.8, 4) is 0 Å². The van der Waals surface area contributed by atoms with E-state index in [1.807, 2.05) is 0 Å². The molecule has 0 saturated carbocycles. The van der Waals surface area contributed by atoms with Gasteiger partial charge in [0.25, 0.3) is 0 Å². The Morgan fingerprint density at radius 3 is 1.14 bits per heavy atom. The Labute approximate surface area is 182 Å². The molecule has 0 radical (unpaired) electrons. The van der Waals surface area contributed by atoms with Crippen LogP contribution < -0.4 is 0 Å². The molecule has 35 heavy (non-hydrogen) atoms. The van der Waals surface area contributed by atoms with Gasteiger partial charge in [-0.15, -0.1) is 0 Å². The second kappa shape index (κ2) is 7.69. The topological polar surface area (TPSA) is 0 Å². The highest BCUT2D eigenvalue weighted by Gasteiger charge is 2.97. The summed E-state index contributed by atoms with van der Waals surface area (Å²) in [5, 5.41) is -2.05. The van der Waals surface area contributed by atoms with Crippen LogP contribution in [0.1, 0.15) is 13.8 Å². The minimum absolute atomic E-state index is 0.0286. The number of hydrogen-bond acceptors (Lipinski definition) is 0. The normalized spacial score (nSPS) is 19.3. The lowest BCUT2D eigenvalue weighted by Crippen LogP contribution is -2.76. The summed E-state index contributed by atoms with van der Waals surface area (Å²) in [7, 11) is -8.49. The first-order valence-corrected chi connectivity index (χ1v) is 10.1. The zero-order valence-corrected chi connectivity index (χ0v) is 17.4. The highest BCUT2D eigenvalue weighted by molar-refractivity contribution is 6.76. The van der Waals surface area contributed by atoms with Crippen molar-refractivity contribution >= 4 is 8.74 Å². The molecule has 1 rings (SSSR count). The van der Waals surface area contributed by atoms with Gasteiger partial charge in [0, 0.05) is 5.41 Å². The minimum Gasteiger partial charge on any atom is -0.258 e. The second-order valence-electron chi connectivity index (χ2n) is 7.75. The minimum atomic E-state index is -8.88. The lowest BCUT2D eigenvalue weighted by molar-refractivity contribution is -0.459. The van der Waals surface area contributed by atoms with Gasteiger partial charge in [0.1, 0.15) is 0 Å². The van der Waals surface area contributed by atoms with Crippen LogP contribution in [0.5, 0.6) is 0 Å². The van der Waals surface area contributed by atoms with Crippen LogP contribution in [0, 0.1) is 5.41 Å². The third kappa shape index (κ3) is 3.74. The number of allylic oxidation sites excluding steroid dienone is 4. The molecule has 0 aromatic rings. The summed E-state index contributed by atoms with van der Waals surface area (Å²) in [5.74, 6) is -51.9. The van der Waals surface area contributed by atoms with E-state index in [2.05, 4.69) is 0 Å². The van der Waals surface area contributed by atoms with Crippen LogP contribution in [0.3, 0.4) is 0 Å². The fraction of sp³-hybridized carbons (Fsp3) is 0.733. The number of alkyl halides is 17. The van der Waals surface area contributed by atoms with E-state index in [9.17, 15) is 82.9 Å². The molecule has 0 aromatic heterocycles. The summed E-state index contributed by atoms with van der Waals surface area (Å²) in [6.45, 7) is 1.22. The molecule has 0 spiro atoms. The van der Waals surface area contributed by atoms with Gasteiger partial charge in [0.15, 0.2) is 0 Å². The number of rotatable bonds is 8. The van der Waals surface area contributed by atoms with Crippen molar-refractivity contribution < 1.29 is 82.9 Å². The first-order valence-electron chi connectivity index (χ1n) is 8.33. The maximum Gasteiger partial charge on any atom is 0.527 e. The molecule has 0 N–H and O–H groups in total. The fourth-order valence-corrected chi connectivity index (χ4v) is 4.82. The predicted molar refractivity (Wildman–Crippen MR) is 79.7 cm³/mol. The highest BCUT2D eigenvalue weighted by Crippen LogP contribution is 2.65. The zero-order chi connectivity index (χ0) is 28.7. The second-order valence-corrected chi connectivity index (χ2v) is 10.1. The molecule has 0 unspecified atom stereocenters. The summed E-state index contributed by atoms with van der Waals surface area (Å²) in [6.07, 6.45) is -6.80. The van der Waals surface area contributed by atoms with Crippen LogP contribution in [0.25, 0.3) is 0 Å². The van der Waals surface area contributed by atoms with E-state index >= 15 is 0 Å². The van der Waals surface area contributed by atoms with E-state index in [0.717, 1.165) is 0 Å². The van der Waals surface area contributed by atoms with Crippen LogP contribution in [0.2, 0.25) is 0 Å². The molecule has 206 valence electrons. The Morgan fingerprint density at radius 1 is 0.543 bits per heavy atom. The highest BCUT2D eigenvalue weighted by atomic mass is 28.4. The molecule has 0 saturated heterocycles. The summed E-state index contributed by atoms with van der Waals surface area (Å²) in [5.41, 5.74) is -10.0. The van der Waals surface area contributed by atoms with Crippen molar-refractivity contribution in [1.29, 1.82) is 0 Å². The molecule has 20 heteroatoms. The van der Waals surface area contributed by atoms with Crippen molar-refractivity contribution in [3.05, 3.63) is 23.4 Å². The molecular weight excluding hydrogens is 569 g/mol. The Bertz CT molecular complexity index is 888. The standard InChI is InChI=1S/C15H9F19Si/c1-7(2)5-3-4-6(7)35(33,34)15(31,32)13(26,27)11(22,23)9(18,19)8(16,17)10(20,21)12(24,25)14(28,29)30/h3-5H,1-2H3. The molecule has 0 fully saturated rings. The lowest BCUT2D eigenvalue weighted by Gasteiger charge is -2.44. The van der Waals surface area contributed by atoms with Gasteiger partial charge >= 0.3 is 56.0 Å². The molecule has 0 atom stereocenters. The van der Waals surface area contributed by atoms with Crippen molar-refractivity contribution in [3.63, 3.8) is 0 Å². The smallest absolute Gasteiger partial charge is 0.258 e. The monoisotopic (exact) mass is 578 g/mol. The van der Waals surface area contributed by atoms with Crippen molar-refractivity contribution in [2.24, 2.45) is 5.41 Å². The van der Waals surface area contributed by atoms with Gasteiger partial charge in [-0.3, -0.25) is 8.22 Å². The molecule has 0 bridgehead atoms. The van der Waals surface area contributed by atoms with Crippen LogP contribution >= 0.6 is 0 Å². The summed E-state index contributed by atoms with van der Waals surface area (Å²) >= 11 is 0. The van der Waals surface area contributed by atoms with Gasteiger partial charge in [0.2, 0.25) is 0 Å². The molecule has 0 heterocycles. The summed E-state index contributed by atoms with van der Waals surface area (Å²) in [6, 6.07) is 0. The average Bonchev–Trinajstić information content (AvgIpc) is 2.99. The van der Waals surface area contributed by atoms with Crippen molar-refractivity contribution in [2.45, 2.75) is 61.1 Å². The molecular formula is C15H9F19Si. The zero-order valence-electron chi connectivity index (χ0n) is 16.4. The predicted octanol–water partition coefficient (Wildman–Crippen LogP) is 7.98. The number of halogens is 19. The fourth-order valence-electron chi connectivity index (χ4n) is 2.73. The van der Waals surface area contributed by atoms with Crippen LogP contribution in [-0.4, -0.2) is 56.0 Å². The van der Waals surface area contributed by atoms with E-state index in [4.69, 9.17) is 0 Å². The van der Waals surface area contributed by atoms with E-state index in [1.165, 1.54) is 0 Å². The molecule has 0 aliphatic heterocycles. The maximum absolute atomic E-state index is 14.3. The van der Waals surface area contributed by atoms with Crippen LogP contribution in [0.4, 0.5) is 82.9 Å². The molecule has 0 amide bonds. The van der Waals surface area contributed by atoms with E-state index in [0.29, 0.717) is 26.0 Å². The van der Waals surface area contributed by atoms with Gasteiger partial charge in [-0.2, -0.15) is 74.6 Å². The largest absolute Gasteiger partial charge is 0.527 e. The lowest BCUT2D eigenvalue weighted by atomic mass is 9.91. The average molecular weight is 578 g/mol. The van der Waals surface area contributed by atoms with Gasteiger partial charge in [-0.05, 0) is 5.20 Å². The first-order chi connectivity index (χ1) is 14.8. The van der Waals surface area contributed by atoms with Crippen molar-refractivity contribution in [1.82, 2.24) is 0 Å². The van der Waals surface area contributed by atoms with Crippen LogP contribution in [0.15, 0.2) is 23.4 Å². The number of hydrogen-bond donors (Lipinski definition) is 0. The van der Waals surface area contributed by atoms with Crippen molar-refractivity contribution in [2.75, 3.05) is 0 Å². The molecule has 0 nitrogen and oxygen atoms in total. The quantitative estimate of drug-likeness (QED) is 0.156. The maximum atomic E-state index is 14.3.